The number of anilines is 1. The number of nitrogens with zero attached hydrogens (tertiary/aromatic N) is 3. The largest absolute Gasteiger partial charge is 0.475 e. The second kappa shape index (κ2) is 9.97. The normalized spacial score (nSPS) is 15.7. The first-order valence-corrected chi connectivity index (χ1v) is 11.2. The summed E-state index contributed by atoms with van der Waals surface area (Å²) in [7, 11) is 0. The summed E-state index contributed by atoms with van der Waals surface area (Å²) in [6, 6.07) is 5.93. The highest BCUT2D eigenvalue weighted by Crippen LogP contribution is 2.44. The molecule has 10 heteroatoms. The van der Waals surface area contributed by atoms with E-state index in [1.54, 1.807) is 0 Å². The van der Waals surface area contributed by atoms with Gasteiger partial charge in [-0.25, -0.2) is 32.5 Å². The van der Waals surface area contributed by atoms with E-state index in [9.17, 15) is 22.4 Å². The van der Waals surface area contributed by atoms with Gasteiger partial charge in [0.1, 0.15) is 23.7 Å². The Balaban J connectivity index is 1.72. The van der Waals surface area contributed by atoms with E-state index in [1.165, 1.54) is 18.3 Å². The Kier molecular flexibility index (Phi) is 7.00. The Labute approximate surface area is 199 Å². The van der Waals surface area contributed by atoms with Gasteiger partial charge in [0.2, 0.25) is 11.8 Å². The zero-order valence-electron chi connectivity index (χ0n) is 19.2. The Morgan fingerprint density at radius 1 is 1.09 bits per heavy atom. The van der Waals surface area contributed by atoms with E-state index in [4.69, 9.17) is 4.74 Å². The number of aromatic nitrogens is 3. The molecule has 1 N–H and O–H groups in total. The minimum Gasteiger partial charge on any atom is -0.475 e. The van der Waals surface area contributed by atoms with E-state index >= 15 is 0 Å². The predicted molar refractivity (Wildman–Crippen MR) is 121 cm³/mol. The number of carbonyl (C=O) groups is 1. The molecule has 2 aromatic heterocycles. The molecule has 4 rings (SSSR count). The van der Waals surface area contributed by atoms with Gasteiger partial charge in [-0.3, -0.25) is 4.79 Å². The summed E-state index contributed by atoms with van der Waals surface area (Å²) in [6.07, 6.45) is 1.97. The van der Waals surface area contributed by atoms with Crippen LogP contribution in [0.25, 0.3) is 11.3 Å². The smallest absolute Gasteiger partial charge is 0.257 e. The third kappa shape index (κ3) is 5.75. The lowest BCUT2D eigenvalue weighted by molar-refractivity contribution is -0.0384. The van der Waals surface area contributed by atoms with Crippen molar-refractivity contribution >= 4 is 11.6 Å². The van der Waals surface area contributed by atoms with E-state index in [0.717, 1.165) is 24.5 Å². The summed E-state index contributed by atoms with van der Waals surface area (Å²) in [6.45, 7) is 3.68. The van der Waals surface area contributed by atoms with Crippen LogP contribution < -0.4 is 10.1 Å². The summed E-state index contributed by atoms with van der Waals surface area (Å²) in [5, 5.41) is 2.70. The summed E-state index contributed by atoms with van der Waals surface area (Å²) in [4.78, 5) is 25.6. The minimum absolute atomic E-state index is 0.0367. The number of hydrogen-bond acceptors (Lipinski definition) is 5. The van der Waals surface area contributed by atoms with Crippen molar-refractivity contribution < 1.29 is 27.1 Å². The molecule has 0 saturated heterocycles. The number of alkyl halides is 2. The van der Waals surface area contributed by atoms with E-state index in [-0.39, 0.29) is 54.3 Å². The molecule has 0 aliphatic heterocycles. The number of pyridine rings is 1. The van der Waals surface area contributed by atoms with E-state index in [1.807, 2.05) is 13.8 Å². The molecule has 1 amide bonds. The lowest BCUT2D eigenvalue weighted by Crippen LogP contribution is -2.25. The first kappa shape index (κ1) is 24.6. The van der Waals surface area contributed by atoms with Gasteiger partial charge in [0.15, 0.2) is 0 Å². The average molecular weight is 488 g/mol. The average Bonchev–Trinajstić information content (AvgIpc) is 2.81. The highest BCUT2D eigenvalue weighted by atomic mass is 19.3. The molecular weight excluding hydrogens is 464 g/mol. The molecule has 3 aromatic rings. The Bertz CT molecular complexity index is 1210. The summed E-state index contributed by atoms with van der Waals surface area (Å²) in [5.74, 6) is -4.88. The van der Waals surface area contributed by atoms with Gasteiger partial charge < -0.3 is 10.1 Å². The van der Waals surface area contributed by atoms with Crippen molar-refractivity contribution in [2.45, 2.75) is 57.5 Å². The van der Waals surface area contributed by atoms with Gasteiger partial charge >= 0.3 is 0 Å². The molecular formula is C25H24F4N4O2. The molecule has 0 radical (unpaired) electrons. The topological polar surface area (TPSA) is 77.0 Å². The number of hydrogen-bond donors (Lipinski definition) is 1. The fourth-order valence-electron chi connectivity index (χ4n) is 4.04. The number of halogens is 4. The van der Waals surface area contributed by atoms with Crippen LogP contribution in [0.3, 0.4) is 0 Å². The number of ether oxygens (including phenoxy) is 1. The first-order valence-electron chi connectivity index (χ1n) is 11.2. The second-order valence-electron chi connectivity index (χ2n) is 8.74. The summed E-state index contributed by atoms with van der Waals surface area (Å²) < 4.78 is 61.6. The highest BCUT2D eigenvalue weighted by Gasteiger charge is 2.37. The van der Waals surface area contributed by atoms with Crippen LogP contribution in [0.15, 0.2) is 42.9 Å². The van der Waals surface area contributed by atoms with E-state index < -0.39 is 29.4 Å². The molecule has 6 nitrogen and oxygen atoms in total. The summed E-state index contributed by atoms with van der Waals surface area (Å²) >= 11 is 0. The monoisotopic (exact) mass is 488 g/mol. The molecule has 184 valence electrons. The van der Waals surface area contributed by atoms with Crippen LogP contribution in [-0.4, -0.2) is 32.9 Å². The first-order chi connectivity index (χ1) is 16.6. The quantitative estimate of drug-likeness (QED) is 0.421. The van der Waals surface area contributed by atoms with Crippen molar-refractivity contribution in [3.8, 4) is 17.1 Å². The standard InChI is InChI=1S/C25H24F4N4O2/c1-14(2)35-20-6-3-16(12-30-20)24(34)33-23-21(15-7-9-25(28,29)10-8-15)31-13-32-22(23)18-11-17(26)4-5-19(18)27/h3-6,11-15H,7-10H2,1-2H3,(H,33,34). The van der Waals surface area contributed by atoms with Gasteiger partial charge in [0, 0.05) is 36.6 Å². The van der Waals surface area contributed by atoms with Crippen LogP contribution in [0.2, 0.25) is 0 Å². The number of carbonyl (C=O) groups excluding carboxylic acids is 1. The van der Waals surface area contributed by atoms with Crippen LogP contribution in [0, 0.1) is 11.6 Å². The van der Waals surface area contributed by atoms with Crippen molar-refractivity contribution in [3.63, 3.8) is 0 Å². The number of amides is 1. The Morgan fingerprint density at radius 2 is 1.83 bits per heavy atom. The third-order valence-corrected chi connectivity index (χ3v) is 5.76. The molecule has 0 spiro atoms. The van der Waals surface area contributed by atoms with Gasteiger partial charge in [-0.15, -0.1) is 0 Å². The van der Waals surface area contributed by atoms with Gasteiger partial charge in [-0.1, -0.05) is 0 Å². The maximum Gasteiger partial charge on any atom is 0.257 e. The lowest BCUT2D eigenvalue weighted by Gasteiger charge is -2.29. The van der Waals surface area contributed by atoms with E-state index in [2.05, 4.69) is 20.3 Å². The van der Waals surface area contributed by atoms with Crippen molar-refractivity contribution in [2.24, 2.45) is 0 Å². The highest BCUT2D eigenvalue weighted by molar-refractivity contribution is 6.06. The molecule has 1 aliphatic rings. The van der Waals surface area contributed by atoms with Gasteiger partial charge in [-0.05, 0) is 51.0 Å². The molecule has 2 heterocycles. The minimum atomic E-state index is -2.77. The molecule has 1 fully saturated rings. The van der Waals surface area contributed by atoms with Crippen LogP contribution in [-0.2, 0) is 0 Å². The van der Waals surface area contributed by atoms with Gasteiger partial charge in [0.25, 0.3) is 5.91 Å². The number of rotatable bonds is 6. The van der Waals surface area contributed by atoms with Crippen molar-refractivity contribution in [1.29, 1.82) is 0 Å². The van der Waals surface area contributed by atoms with Crippen molar-refractivity contribution in [2.75, 3.05) is 5.32 Å². The Morgan fingerprint density at radius 3 is 2.49 bits per heavy atom. The van der Waals surface area contributed by atoms with Crippen LogP contribution >= 0.6 is 0 Å². The number of nitrogens with one attached hydrogen (secondary N) is 1. The molecule has 1 aliphatic carbocycles. The lowest BCUT2D eigenvalue weighted by atomic mass is 9.83. The fourth-order valence-corrected chi connectivity index (χ4v) is 4.04. The maximum absolute atomic E-state index is 14.7. The van der Waals surface area contributed by atoms with Crippen molar-refractivity contribution in [3.05, 3.63) is 65.7 Å². The van der Waals surface area contributed by atoms with Crippen LogP contribution in [0.5, 0.6) is 5.88 Å². The zero-order valence-corrected chi connectivity index (χ0v) is 19.2. The van der Waals surface area contributed by atoms with Crippen molar-refractivity contribution in [1.82, 2.24) is 15.0 Å². The van der Waals surface area contributed by atoms with Gasteiger partial charge in [0.05, 0.1) is 23.0 Å². The maximum atomic E-state index is 14.7. The fraction of sp³-hybridized carbons (Fsp3) is 0.360. The van der Waals surface area contributed by atoms with Crippen LogP contribution in [0.4, 0.5) is 23.2 Å². The van der Waals surface area contributed by atoms with E-state index in [0.29, 0.717) is 11.6 Å². The van der Waals surface area contributed by atoms with Crippen LogP contribution in [0.1, 0.15) is 61.5 Å². The molecule has 0 atom stereocenters. The SMILES string of the molecule is CC(C)Oc1ccc(C(=O)Nc2c(-c3cc(F)ccc3F)ncnc2C2CCC(F)(F)CC2)cn1. The number of benzene rings is 1. The third-order valence-electron chi connectivity index (χ3n) is 5.76. The molecule has 0 unspecified atom stereocenters. The zero-order chi connectivity index (χ0) is 25.2. The molecule has 1 aromatic carbocycles. The second-order valence-corrected chi connectivity index (χ2v) is 8.74. The Hall–Kier alpha value is -3.56. The van der Waals surface area contributed by atoms with Gasteiger partial charge in [-0.2, -0.15) is 0 Å². The molecule has 0 bridgehead atoms. The molecule has 1 saturated carbocycles. The molecule has 35 heavy (non-hydrogen) atoms. The summed E-state index contributed by atoms with van der Waals surface area (Å²) in [5.41, 5.74) is 0.320. The predicted octanol–water partition coefficient (Wildman–Crippen LogP) is 6.15.